The number of ketones is 1. The van der Waals surface area contributed by atoms with Gasteiger partial charge in [0.1, 0.15) is 18.3 Å². The Morgan fingerprint density at radius 1 is 1.18 bits per heavy atom. The third kappa shape index (κ3) is 4.95. The van der Waals surface area contributed by atoms with Crippen molar-refractivity contribution in [2.75, 3.05) is 34.0 Å². The number of carbonyl (C=O) groups is 3. The zero-order valence-corrected chi connectivity index (χ0v) is 19.7. The first-order chi connectivity index (χ1) is 15.8. The molecule has 0 radical (unpaired) electrons. The number of allylic oxidation sites excluding steroid dienone is 3. The zero-order chi connectivity index (χ0) is 24.1. The third-order valence-electron chi connectivity index (χ3n) is 6.06. The van der Waals surface area contributed by atoms with Crippen LogP contribution in [-0.2, 0) is 28.6 Å². The third-order valence-corrected chi connectivity index (χ3v) is 6.06. The molecule has 3 rings (SSSR count). The standard InChI is InChI=1S/C25H31NO7/c1-6-32-10-11-33-25(29)20-15(3)26-18-12-14(2)19(24(28)31-5)23(27)22(18)21(20)16-8-7-9-17(13-16)30-4/h7-9,13-14,19,21,26H,6,10-12H2,1-5H3/t14-,19-,21+/m0/s1. The van der Waals surface area contributed by atoms with Gasteiger partial charge in [0.25, 0.3) is 0 Å². The van der Waals surface area contributed by atoms with Crippen LogP contribution in [-0.4, -0.2) is 51.8 Å². The summed E-state index contributed by atoms with van der Waals surface area (Å²) in [4.78, 5) is 39.3. The summed E-state index contributed by atoms with van der Waals surface area (Å²) >= 11 is 0. The Morgan fingerprint density at radius 3 is 2.61 bits per heavy atom. The van der Waals surface area contributed by atoms with Gasteiger partial charge in [0.2, 0.25) is 0 Å². The van der Waals surface area contributed by atoms with E-state index in [0.29, 0.717) is 46.9 Å². The lowest BCUT2D eigenvalue weighted by atomic mass is 9.69. The molecular formula is C25H31NO7. The molecular weight excluding hydrogens is 426 g/mol. The molecule has 0 bridgehead atoms. The maximum atomic E-state index is 13.7. The summed E-state index contributed by atoms with van der Waals surface area (Å²) in [6, 6.07) is 7.22. The van der Waals surface area contributed by atoms with Crippen molar-refractivity contribution in [1.29, 1.82) is 0 Å². The predicted molar refractivity (Wildman–Crippen MR) is 120 cm³/mol. The molecule has 1 aliphatic heterocycles. The first kappa shape index (κ1) is 24.5. The molecule has 0 amide bonds. The van der Waals surface area contributed by atoms with Gasteiger partial charge >= 0.3 is 11.9 Å². The molecule has 3 atom stereocenters. The smallest absolute Gasteiger partial charge is 0.336 e. The highest BCUT2D eigenvalue weighted by Crippen LogP contribution is 2.45. The van der Waals surface area contributed by atoms with Crippen molar-refractivity contribution in [3.8, 4) is 5.75 Å². The Balaban J connectivity index is 2.09. The maximum absolute atomic E-state index is 13.7. The van der Waals surface area contributed by atoms with Gasteiger partial charge in [0.05, 0.1) is 26.4 Å². The van der Waals surface area contributed by atoms with Gasteiger partial charge in [-0.15, -0.1) is 0 Å². The number of carbonyl (C=O) groups excluding carboxylic acids is 3. The van der Waals surface area contributed by atoms with Crippen LogP contribution in [0.2, 0.25) is 0 Å². The number of ether oxygens (including phenoxy) is 4. The summed E-state index contributed by atoms with van der Waals surface area (Å²) in [5.74, 6) is -2.75. The molecule has 8 nitrogen and oxygen atoms in total. The largest absolute Gasteiger partial charge is 0.497 e. The highest BCUT2D eigenvalue weighted by atomic mass is 16.6. The molecule has 1 heterocycles. The second kappa shape index (κ2) is 10.7. The van der Waals surface area contributed by atoms with Gasteiger partial charge in [0, 0.05) is 29.5 Å². The van der Waals surface area contributed by atoms with E-state index >= 15 is 0 Å². The number of esters is 2. The Hall–Kier alpha value is -3.13. The lowest BCUT2D eigenvalue weighted by Crippen LogP contribution is -2.43. The number of Topliss-reactive ketones (excluding diaryl/α,β-unsaturated/α-hetero) is 1. The fourth-order valence-corrected chi connectivity index (χ4v) is 4.52. The molecule has 1 aromatic carbocycles. The monoisotopic (exact) mass is 457 g/mol. The van der Waals surface area contributed by atoms with E-state index in [1.807, 2.05) is 19.9 Å². The second-order valence-electron chi connectivity index (χ2n) is 8.14. The van der Waals surface area contributed by atoms with Crippen molar-refractivity contribution in [2.45, 2.75) is 33.1 Å². The van der Waals surface area contributed by atoms with Gasteiger partial charge in [-0.05, 0) is 43.9 Å². The highest BCUT2D eigenvalue weighted by molar-refractivity contribution is 6.12. The van der Waals surface area contributed by atoms with Crippen LogP contribution >= 0.6 is 0 Å². The van der Waals surface area contributed by atoms with Gasteiger partial charge in [-0.2, -0.15) is 0 Å². The molecule has 8 heteroatoms. The van der Waals surface area contributed by atoms with E-state index in [0.717, 1.165) is 0 Å². The minimum absolute atomic E-state index is 0.0932. The Labute approximate surface area is 193 Å². The molecule has 0 unspecified atom stereocenters. The van der Waals surface area contributed by atoms with Gasteiger partial charge in [-0.1, -0.05) is 19.1 Å². The van der Waals surface area contributed by atoms with Crippen LogP contribution in [0, 0.1) is 11.8 Å². The topological polar surface area (TPSA) is 100 Å². The summed E-state index contributed by atoms with van der Waals surface area (Å²) < 4.78 is 21.0. The van der Waals surface area contributed by atoms with Crippen LogP contribution in [0.1, 0.15) is 38.7 Å². The summed E-state index contributed by atoms with van der Waals surface area (Å²) in [6.07, 6.45) is 0.477. The first-order valence-electron chi connectivity index (χ1n) is 11.1. The fraction of sp³-hybridized carbons (Fsp3) is 0.480. The van der Waals surface area contributed by atoms with E-state index in [9.17, 15) is 14.4 Å². The van der Waals surface area contributed by atoms with Crippen LogP contribution in [0.4, 0.5) is 0 Å². The molecule has 2 aliphatic rings. The SMILES string of the molecule is CCOCCOC(=O)C1=C(C)NC2=C(C(=O)[C@@H](C(=O)OC)[C@@H](C)C2)[C@@H]1c1cccc(OC)c1. The van der Waals surface area contributed by atoms with Crippen LogP contribution in [0.15, 0.2) is 46.8 Å². The first-order valence-corrected chi connectivity index (χ1v) is 11.1. The van der Waals surface area contributed by atoms with Crippen LogP contribution in [0.5, 0.6) is 5.75 Å². The Kier molecular flexibility index (Phi) is 7.92. The zero-order valence-electron chi connectivity index (χ0n) is 19.7. The van der Waals surface area contributed by atoms with Gasteiger partial charge in [-0.3, -0.25) is 9.59 Å². The minimum atomic E-state index is -0.933. The average molecular weight is 458 g/mol. The molecule has 0 fully saturated rings. The molecule has 0 saturated heterocycles. The van der Waals surface area contributed by atoms with E-state index in [4.69, 9.17) is 18.9 Å². The summed E-state index contributed by atoms with van der Waals surface area (Å²) in [5.41, 5.74) is 2.73. The predicted octanol–water partition coefficient (Wildman–Crippen LogP) is 2.89. The van der Waals surface area contributed by atoms with Crippen molar-refractivity contribution in [3.05, 3.63) is 52.4 Å². The van der Waals surface area contributed by atoms with E-state index in [1.54, 1.807) is 32.2 Å². The maximum Gasteiger partial charge on any atom is 0.336 e. The van der Waals surface area contributed by atoms with E-state index in [1.165, 1.54) is 7.11 Å². The van der Waals surface area contributed by atoms with Crippen molar-refractivity contribution in [2.24, 2.45) is 11.8 Å². The van der Waals surface area contributed by atoms with Gasteiger partial charge in [0.15, 0.2) is 5.78 Å². The van der Waals surface area contributed by atoms with Crippen molar-refractivity contribution < 1.29 is 33.3 Å². The molecule has 0 aromatic heterocycles. The van der Waals surface area contributed by atoms with Crippen molar-refractivity contribution in [1.82, 2.24) is 5.32 Å². The van der Waals surface area contributed by atoms with Crippen molar-refractivity contribution in [3.63, 3.8) is 0 Å². The van der Waals surface area contributed by atoms with Crippen LogP contribution < -0.4 is 10.1 Å². The highest BCUT2D eigenvalue weighted by Gasteiger charge is 2.47. The van der Waals surface area contributed by atoms with E-state index in [-0.39, 0.29) is 24.9 Å². The van der Waals surface area contributed by atoms with Crippen molar-refractivity contribution >= 4 is 17.7 Å². The number of rotatable bonds is 8. The lowest BCUT2D eigenvalue weighted by Gasteiger charge is -2.38. The van der Waals surface area contributed by atoms with Crippen LogP contribution in [0.25, 0.3) is 0 Å². The summed E-state index contributed by atoms with van der Waals surface area (Å²) in [6.45, 7) is 6.39. The fourth-order valence-electron chi connectivity index (χ4n) is 4.52. The molecule has 1 aromatic rings. The molecule has 1 aliphatic carbocycles. The Bertz CT molecular complexity index is 994. The molecule has 0 spiro atoms. The normalized spacial score (nSPS) is 22.5. The summed E-state index contributed by atoms with van der Waals surface area (Å²) in [7, 11) is 2.83. The molecule has 33 heavy (non-hydrogen) atoms. The van der Waals surface area contributed by atoms with Crippen LogP contribution in [0.3, 0.4) is 0 Å². The molecule has 1 N–H and O–H groups in total. The average Bonchev–Trinajstić information content (AvgIpc) is 2.80. The van der Waals surface area contributed by atoms with Gasteiger partial charge < -0.3 is 24.3 Å². The number of hydrogen-bond acceptors (Lipinski definition) is 8. The summed E-state index contributed by atoms with van der Waals surface area (Å²) in [5, 5.41) is 3.24. The number of benzene rings is 1. The second-order valence-corrected chi connectivity index (χ2v) is 8.14. The molecule has 0 saturated carbocycles. The lowest BCUT2D eigenvalue weighted by molar-refractivity contribution is -0.151. The van der Waals surface area contributed by atoms with E-state index in [2.05, 4.69) is 5.32 Å². The number of dihydropyridines is 1. The van der Waals surface area contributed by atoms with Gasteiger partial charge in [-0.25, -0.2) is 4.79 Å². The number of methoxy groups -OCH3 is 2. The number of nitrogens with one attached hydrogen (secondary N) is 1. The Morgan fingerprint density at radius 2 is 1.94 bits per heavy atom. The molecule has 178 valence electrons. The van der Waals surface area contributed by atoms with E-state index < -0.39 is 23.8 Å². The quantitative estimate of drug-likeness (QED) is 0.361. The number of hydrogen-bond donors (Lipinski definition) is 1. The minimum Gasteiger partial charge on any atom is -0.497 e.